The number of thioether (sulfide) groups is 1. The van der Waals surface area contributed by atoms with Gasteiger partial charge in [0.05, 0.1) is 5.75 Å². The van der Waals surface area contributed by atoms with E-state index in [-0.39, 0.29) is 23.1 Å². The predicted molar refractivity (Wildman–Crippen MR) is 150 cm³/mol. The number of hydrogen-bond donors (Lipinski definition) is 2. The maximum Gasteiger partial charge on any atom is 0.272 e. The highest BCUT2D eigenvalue weighted by molar-refractivity contribution is 8.00. The summed E-state index contributed by atoms with van der Waals surface area (Å²) in [6, 6.07) is 32.8. The molecule has 0 heterocycles. The Kier molecular flexibility index (Phi) is 8.68. The minimum absolute atomic E-state index is 0.0381. The van der Waals surface area contributed by atoms with Gasteiger partial charge in [-0.05, 0) is 48.9 Å². The lowest BCUT2D eigenvalue weighted by atomic mass is 10.1. The number of hydrogen-bond acceptors (Lipinski definition) is 4. The lowest BCUT2D eigenvalue weighted by molar-refractivity contribution is -0.113. The number of carbonyl (C=O) groups excluding carboxylic acids is 3. The predicted octanol–water partition coefficient (Wildman–Crippen LogP) is 6.38. The lowest BCUT2D eigenvalue weighted by Gasteiger charge is -2.12. The second kappa shape index (κ2) is 12.5. The van der Waals surface area contributed by atoms with E-state index < -0.39 is 5.91 Å². The third-order valence-electron chi connectivity index (χ3n) is 5.47. The molecule has 0 aliphatic carbocycles. The molecule has 0 spiro atoms. The van der Waals surface area contributed by atoms with Crippen molar-refractivity contribution in [1.29, 1.82) is 0 Å². The zero-order valence-electron chi connectivity index (χ0n) is 20.3. The van der Waals surface area contributed by atoms with E-state index in [0.717, 1.165) is 16.0 Å². The van der Waals surface area contributed by atoms with Crippen molar-refractivity contribution in [2.45, 2.75) is 11.8 Å². The maximum absolute atomic E-state index is 13.2. The summed E-state index contributed by atoms with van der Waals surface area (Å²) >= 11 is 1.40. The van der Waals surface area contributed by atoms with Crippen molar-refractivity contribution in [3.8, 4) is 0 Å². The summed E-state index contributed by atoms with van der Waals surface area (Å²) in [6.07, 6.45) is 1.63. The number of rotatable bonds is 9. The van der Waals surface area contributed by atoms with Gasteiger partial charge in [0.15, 0.2) is 5.78 Å². The Morgan fingerprint density at radius 3 is 2.14 bits per heavy atom. The van der Waals surface area contributed by atoms with Crippen molar-refractivity contribution in [2.24, 2.45) is 0 Å². The van der Waals surface area contributed by atoms with E-state index >= 15 is 0 Å². The number of carbonyl (C=O) groups is 3. The molecule has 4 rings (SSSR count). The highest BCUT2D eigenvalue weighted by Gasteiger charge is 2.15. The van der Waals surface area contributed by atoms with Crippen molar-refractivity contribution in [3.63, 3.8) is 0 Å². The molecule has 0 fully saturated rings. The molecule has 0 aliphatic rings. The molecule has 184 valence electrons. The fourth-order valence-corrected chi connectivity index (χ4v) is 4.34. The van der Waals surface area contributed by atoms with Gasteiger partial charge in [0, 0.05) is 21.7 Å². The fraction of sp³-hybridized carbons (Fsp3) is 0.0645. The van der Waals surface area contributed by atoms with E-state index in [1.54, 1.807) is 36.4 Å². The first-order valence-electron chi connectivity index (χ1n) is 11.8. The molecule has 0 bridgehead atoms. The molecule has 2 amide bonds. The van der Waals surface area contributed by atoms with Gasteiger partial charge in [0.25, 0.3) is 11.8 Å². The molecule has 0 radical (unpaired) electrons. The summed E-state index contributed by atoms with van der Waals surface area (Å²) in [5.41, 5.74) is 3.69. The van der Waals surface area contributed by atoms with Gasteiger partial charge in [0.1, 0.15) is 5.70 Å². The first-order valence-corrected chi connectivity index (χ1v) is 12.7. The largest absolute Gasteiger partial charge is 0.321 e. The highest BCUT2D eigenvalue weighted by atomic mass is 32.2. The number of nitrogens with one attached hydrogen (secondary N) is 2. The van der Waals surface area contributed by atoms with Crippen molar-refractivity contribution in [1.82, 2.24) is 5.32 Å². The van der Waals surface area contributed by atoms with E-state index in [1.807, 2.05) is 85.8 Å². The normalized spacial score (nSPS) is 11.0. The number of ketones is 1. The standard InChI is InChI=1S/C31H26N2O3S/c1-22-15-17-24(18-16-22)29(34)21-37-27-14-8-13-26(20-27)32-31(36)28(19-23-9-4-2-5-10-23)33-30(35)25-11-6-3-7-12-25/h2-20H,21H2,1H3,(H,32,36)(H,33,35)/b28-19-. The molecule has 0 aromatic heterocycles. The first kappa shape index (κ1) is 25.7. The zero-order valence-corrected chi connectivity index (χ0v) is 21.1. The van der Waals surface area contributed by atoms with Crippen LogP contribution in [0.5, 0.6) is 0 Å². The summed E-state index contributed by atoms with van der Waals surface area (Å²) in [6.45, 7) is 1.98. The van der Waals surface area contributed by atoms with Gasteiger partial charge in [-0.25, -0.2) is 0 Å². The van der Waals surface area contributed by atoms with Gasteiger partial charge in [-0.1, -0.05) is 84.4 Å². The smallest absolute Gasteiger partial charge is 0.272 e. The molecule has 0 saturated carbocycles. The zero-order chi connectivity index (χ0) is 26.0. The summed E-state index contributed by atoms with van der Waals surface area (Å²) in [7, 11) is 0. The van der Waals surface area contributed by atoms with Gasteiger partial charge in [-0.2, -0.15) is 0 Å². The van der Waals surface area contributed by atoms with E-state index in [4.69, 9.17) is 0 Å². The van der Waals surface area contributed by atoms with Gasteiger partial charge >= 0.3 is 0 Å². The number of aryl methyl sites for hydroxylation is 1. The van der Waals surface area contributed by atoms with Crippen LogP contribution in [-0.2, 0) is 4.79 Å². The Bertz CT molecular complexity index is 1420. The monoisotopic (exact) mass is 506 g/mol. The Balaban J connectivity index is 1.46. The molecule has 0 atom stereocenters. The van der Waals surface area contributed by atoms with E-state index in [0.29, 0.717) is 16.8 Å². The third kappa shape index (κ3) is 7.53. The van der Waals surface area contributed by atoms with Crippen LogP contribution >= 0.6 is 11.8 Å². The van der Waals surface area contributed by atoms with Crippen LogP contribution in [0, 0.1) is 6.92 Å². The van der Waals surface area contributed by atoms with Crippen LogP contribution in [0.15, 0.2) is 120 Å². The molecule has 0 unspecified atom stereocenters. The molecule has 0 aliphatic heterocycles. The van der Waals surface area contributed by atoms with Crippen LogP contribution < -0.4 is 10.6 Å². The Labute approximate surface area is 220 Å². The average Bonchev–Trinajstić information content (AvgIpc) is 2.93. The Hall–Kier alpha value is -4.42. The van der Waals surface area contributed by atoms with Gasteiger partial charge < -0.3 is 10.6 Å². The second-order valence-corrected chi connectivity index (χ2v) is 9.40. The molecule has 5 nitrogen and oxygen atoms in total. The van der Waals surface area contributed by atoms with Crippen molar-refractivity contribution in [2.75, 3.05) is 11.1 Å². The number of benzene rings is 4. The molecular formula is C31H26N2O3S. The first-order chi connectivity index (χ1) is 18.0. The summed E-state index contributed by atoms with van der Waals surface area (Å²) < 4.78 is 0. The molecular weight excluding hydrogens is 480 g/mol. The topological polar surface area (TPSA) is 75.3 Å². The number of Topliss-reactive ketones (excluding diaryl/α,β-unsaturated/α-hetero) is 1. The third-order valence-corrected chi connectivity index (χ3v) is 6.47. The number of anilines is 1. The van der Waals surface area contributed by atoms with Crippen LogP contribution in [0.25, 0.3) is 6.08 Å². The van der Waals surface area contributed by atoms with E-state index in [2.05, 4.69) is 10.6 Å². The maximum atomic E-state index is 13.2. The molecule has 4 aromatic carbocycles. The van der Waals surface area contributed by atoms with Crippen LogP contribution in [0.4, 0.5) is 5.69 Å². The Morgan fingerprint density at radius 1 is 0.757 bits per heavy atom. The summed E-state index contributed by atoms with van der Waals surface area (Å²) in [4.78, 5) is 39.4. The second-order valence-electron chi connectivity index (χ2n) is 8.35. The van der Waals surface area contributed by atoms with E-state index in [9.17, 15) is 14.4 Å². The number of amides is 2. The Morgan fingerprint density at radius 2 is 1.43 bits per heavy atom. The summed E-state index contributed by atoms with van der Waals surface area (Å²) in [5.74, 6) is -0.508. The lowest BCUT2D eigenvalue weighted by Crippen LogP contribution is -2.30. The van der Waals surface area contributed by atoms with Crippen LogP contribution in [0.2, 0.25) is 0 Å². The molecule has 0 saturated heterocycles. The minimum atomic E-state index is -0.453. The SMILES string of the molecule is Cc1ccc(C(=O)CSc2cccc(NC(=O)/C(=C/c3ccccc3)NC(=O)c3ccccc3)c2)cc1. The summed E-state index contributed by atoms with van der Waals surface area (Å²) in [5, 5.41) is 5.60. The van der Waals surface area contributed by atoms with Gasteiger partial charge in [-0.3, -0.25) is 14.4 Å². The van der Waals surface area contributed by atoms with Gasteiger partial charge in [-0.15, -0.1) is 11.8 Å². The molecule has 6 heteroatoms. The molecule has 37 heavy (non-hydrogen) atoms. The molecule has 2 N–H and O–H groups in total. The van der Waals surface area contributed by atoms with Crippen LogP contribution in [-0.4, -0.2) is 23.4 Å². The molecule has 4 aromatic rings. The van der Waals surface area contributed by atoms with E-state index in [1.165, 1.54) is 11.8 Å². The van der Waals surface area contributed by atoms with Crippen LogP contribution in [0.3, 0.4) is 0 Å². The van der Waals surface area contributed by atoms with Gasteiger partial charge in [0.2, 0.25) is 0 Å². The van der Waals surface area contributed by atoms with Crippen LogP contribution in [0.1, 0.15) is 31.8 Å². The quantitative estimate of drug-likeness (QED) is 0.157. The average molecular weight is 507 g/mol. The minimum Gasteiger partial charge on any atom is -0.321 e. The van der Waals surface area contributed by atoms with Crippen molar-refractivity contribution >= 4 is 41.1 Å². The fourth-order valence-electron chi connectivity index (χ4n) is 3.49. The van der Waals surface area contributed by atoms with Crippen molar-refractivity contribution < 1.29 is 14.4 Å². The highest BCUT2D eigenvalue weighted by Crippen LogP contribution is 2.23. The van der Waals surface area contributed by atoms with Crippen molar-refractivity contribution in [3.05, 3.63) is 137 Å².